The Kier molecular flexibility index (Phi) is 4.80. The number of hydrogen-bond donors (Lipinski definition) is 2. The van der Waals surface area contributed by atoms with Gasteiger partial charge in [-0.05, 0) is 0 Å². The van der Waals surface area contributed by atoms with Crippen molar-refractivity contribution in [3.05, 3.63) is 4.88 Å². The van der Waals surface area contributed by atoms with Crippen molar-refractivity contribution in [2.24, 2.45) is 5.73 Å². The predicted octanol–water partition coefficient (Wildman–Crippen LogP) is 0.266. The maximum absolute atomic E-state index is 5.40. The first kappa shape index (κ1) is 12.2. The van der Waals surface area contributed by atoms with Crippen LogP contribution in [-0.4, -0.2) is 39.3 Å². The lowest BCUT2D eigenvalue weighted by molar-refractivity contribution is 0.395. The average molecular weight is 230 g/mol. The summed E-state index contributed by atoms with van der Waals surface area (Å²) in [5.41, 5.74) is 5.40. The molecule has 0 amide bonds. The van der Waals surface area contributed by atoms with E-state index >= 15 is 0 Å². The zero-order chi connectivity index (χ0) is 11.3. The quantitative estimate of drug-likeness (QED) is 0.687. The molecule has 0 fully saturated rings. The molecule has 0 saturated heterocycles. The van der Waals surface area contributed by atoms with Gasteiger partial charge in [-0.2, -0.15) is 4.98 Å². The molecule has 1 rings (SSSR count). The number of aromatic nitrogens is 1. The Morgan fingerprint density at radius 3 is 2.80 bits per heavy atom. The number of thiazole rings is 1. The van der Waals surface area contributed by atoms with Gasteiger partial charge in [-0.3, -0.25) is 0 Å². The highest BCUT2D eigenvalue weighted by Gasteiger charge is 2.12. The van der Waals surface area contributed by atoms with Crippen molar-refractivity contribution in [2.75, 3.05) is 39.2 Å². The van der Waals surface area contributed by atoms with Crippen LogP contribution >= 0.6 is 11.3 Å². The largest absolute Gasteiger partial charge is 0.480 e. The molecule has 5 nitrogen and oxygen atoms in total. The summed E-state index contributed by atoms with van der Waals surface area (Å²) in [7, 11) is 5.58. The number of nitrogens with zero attached hydrogens (tertiary/aromatic N) is 2. The van der Waals surface area contributed by atoms with Gasteiger partial charge in [0, 0.05) is 33.7 Å². The van der Waals surface area contributed by atoms with Crippen LogP contribution in [0, 0.1) is 0 Å². The first-order valence-corrected chi connectivity index (χ1v) is 5.62. The molecule has 0 bridgehead atoms. The van der Waals surface area contributed by atoms with Crippen molar-refractivity contribution in [3.8, 4) is 5.88 Å². The molecule has 86 valence electrons. The van der Waals surface area contributed by atoms with E-state index in [0.717, 1.165) is 23.1 Å². The first-order chi connectivity index (χ1) is 7.19. The van der Waals surface area contributed by atoms with Crippen molar-refractivity contribution in [2.45, 2.75) is 6.54 Å². The zero-order valence-electron chi connectivity index (χ0n) is 9.41. The standard InChI is InChI=1S/C9H18N4OS/c1-13(2)9-12-8(14-3)7(15-9)6-11-5-4-10/h11H,4-6,10H2,1-3H3. The van der Waals surface area contributed by atoms with Gasteiger partial charge in [0.1, 0.15) is 0 Å². The number of hydrogen-bond acceptors (Lipinski definition) is 6. The molecule has 6 heteroatoms. The Bertz CT molecular complexity index is 300. The van der Waals surface area contributed by atoms with Gasteiger partial charge in [-0.25, -0.2) is 0 Å². The van der Waals surface area contributed by atoms with Crippen LogP contribution in [0.4, 0.5) is 5.13 Å². The summed E-state index contributed by atoms with van der Waals surface area (Å²) in [6.45, 7) is 2.20. The number of nitrogens with one attached hydrogen (secondary N) is 1. The molecule has 0 aliphatic carbocycles. The van der Waals surface area contributed by atoms with Crippen molar-refractivity contribution in [1.82, 2.24) is 10.3 Å². The average Bonchev–Trinajstić information content (AvgIpc) is 2.62. The summed E-state index contributed by atoms with van der Waals surface area (Å²) in [4.78, 5) is 7.44. The fraction of sp³-hybridized carbons (Fsp3) is 0.667. The van der Waals surface area contributed by atoms with Gasteiger partial charge in [0.25, 0.3) is 0 Å². The number of rotatable bonds is 6. The predicted molar refractivity (Wildman–Crippen MR) is 63.8 cm³/mol. The van der Waals surface area contributed by atoms with Gasteiger partial charge in [-0.15, -0.1) is 0 Å². The fourth-order valence-corrected chi connectivity index (χ4v) is 2.01. The van der Waals surface area contributed by atoms with E-state index in [-0.39, 0.29) is 0 Å². The fourth-order valence-electron chi connectivity index (χ4n) is 1.09. The second-order valence-electron chi connectivity index (χ2n) is 3.29. The molecular formula is C9H18N4OS. The number of methoxy groups -OCH3 is 1. The van der Waals surface area contributed by atoms with Gasteiger partial charge in [0.05, 0.1) is 12.0 Å². The lowest BCUT2D eigenvalue weighted by Crippen LogP contribution is -2.21. The van der Waals surface area contributed by atoms with E-state index < -0.39 is 0 Å². The van der Waals surface area contributed by atoms with Crippen LogP contribution < -0.4 is 20.7 Å². The van der Waals surface area contributed by atoms with Gasteiger partial charge in [-0.1, -0.05) is 11.3 Å². The molecule has 0 radical (unpaired) electrons. The highest BCUT2D eigenvalue weighted by molar-refractivity contribution is 7.15. The minimum atomic E-state index is 0.641. The molecule has 1 aromatic heterocycles. The van der Waals surface area contributed by atoms with Crippen molar-refractivity contribution < 1.29 is 4.74 Å². The third-order valence-corrected chi connectivity index (χ3v) is 3.04. The molecule has 15 heavy (non-hydrogen) atoms. The van der Waals surface area contributed by atoms with Crippen molar-refractivity contribution in [3.63, 3.8) is 0 Å². The lowest BCUT2D eigenvalue weighted by atomic mass is 10.5. The molecular weight excluding hydrogens is 212 g/mol. The normalized spacial score (nSPS) is 10.4. The van der Waals surface area contributed by atoms with Gasteiger partial charge in [0.15, 0.2) is 5.13 Å². The van der Waals surface area contributed by atoms with Crippen LogP contribution in [0.2, 0.25) is 0 Å². The molecule has 3 N–H and O–H groups in total. The summed E-state index contributed by atoms with van der Waals surface area (Å²) < 4.78 is 5.21. The van der Waals surface area contributed by atoms with Crippen molar-refractivity contribution >= 4 is 16.5 Å². The van der Waals surface area contributed by atoms with E-state index in [2.05, 4.69) is 10.3 Å². The van der Waals surface area contributed by atoms with Gasteiger partial charge < -0.3 is 20.7 Å². The topological polar surface area (TPSA) is 63.4 Å². The Morgan fingerprint density at radius 1 is 1.53 bits per heavy atom. The molecule has 0 atom stereocenters. The summed E-state index contributed by atoms with van der Waals surface area (Å²) in [6, 6.07) is 0. The van der Waals surface area contributed by atoms with E-state index in [4.69, 9.17) is 10.5 Å². The molecule has 1 aromatic rings. The monoisotopic (exact) mass is 230 g/mol. The Morgan fingerprint density at radius 2 is 2.27 bits per heavy atom. The van der Waals surface area contributed by atoms with Crippen LogP contribution in [0.3, 0.4) is 0 Å². The van der Waals surface area contributed by atoms with E-state index in [1.54, 1.807) is 18.4 Å². The van der Waals surface area contributed by atoms with Gasteiger partial charge in [0.2, 0.25) is 5.88 Å². The second kappa shape index (κ2) is 5.89. The lowest BCUT2D eigenvalue weighted by Gasteiger charge is -2.04. The molecule has 0 aliphatic rings. The highest BCUT2D eigenvalue weighted by atomic mass is 32.1. The summed E-state index contributed by atoms with van der Waals surface area (Å²) >= 11 is 1.63. The smallest absolute Gasteiger partial charge is 0.230 e. The van der Waals surface area contributed by atoms with Crippen molar-refractivity contribution in [1.29, 1.82) is 0 Å². The highest BCUT2D eigenvalue weighted by Crippen LogP contribution is 2.29. The molecule has 0 unspecified atom stereocenters. The van der Waals surface area contributed by atoms with E-state index in [1.807, 2.05) is 19.0 Å². The van der Waals surface area contributed by atoms with Crippen LogP contribution in [-0.2, 0) is 6.54 Å². The minimum Gasteiger partial charge on any atom is -0.480 e. The molecule has 1 heterocycles. The maximum Gasteiger partial charge on any atom is 0.230 e. The van der Waals surface area contributed by atoms with Crippen LogP contribution in [0.25, 0.3) is 0 Å². The third kappa shape index (κ3) is 3.33. The molecule has 0 spiro atoms. The number of anilines is 1. The molecule has 0 aromatic carbocycles. The minimum absolute atomic E-state index is 0.641. The van der Waals surface area contributed by atoms with Gasteiger partial charge >= 0.3 is 0 Å². The summed E-state index contributed by atoms with van der Waals surface area (Å²) in [5, 5.41) is 4.18. The Labute approximate surface area is 94.2 Å². The third-order valence-electron chi connectivity index (χ3n) is 1.83. The SMILES string of the molecule is COc1nc(N(C)C)sc1CNCCN. The Balaban J connectivity index is 2.67. The summed E-state index contributed by atoms with van der Waals surface area (Å²) in [5.74, 6) is 0.702. The van der Waals surface area contributed by atoms with Crippen LogP contribution in [0.5, 0.6) is 5.88 Å². The number of ether oxygens (including phenoxy) is 1. The van der Waals surface area contributed by atoms with E-state index in [9.17, 15) is 0 Å². The molecule has 0 saturated carbocycles. The van der Waals surface area contributed by atoms with Crippen LogP contribution in [0.15, 0.2) is 0 Å². The Hall–Kier alpha value is -0.850. The molecule has 0 aliphatic heterocycles. The first-order valence-electron chi connectivity index (χ1n) is 4.80. The second-order valence-corrected chi connectivity index (χ2v) is 4.35. The van der Waals surface area contributed by atoms with E-state index in [0.29, 0.717) is 12.4 Å². The van der Waals surface area contributed by atoms with E-state index in [1.165, 1.54) is 0 Å². The number of nitrogens with two attached hydrogens (primary N) is 1. The zero-order valence-corrected chi connectivity index (χ0v) is 10.2. The van der Waals surface area contributed by atoms with Crippen LogP contribution in [0.1, 0.15) is 4.88 Å². The maximum atomic E-state index is 5.40. The summed E-state index contributed by atoms with van der Waals surface area (Å²) in [6.07, 6.45) is 0.